The molecule has 1 heterocycles. The predicted molar refractivity (Wildman–Crippen MR) is 78.2 cm³/mol. The van der Waals surface area contributed by atoms with Crippen molar-refractivity contribution in [1.82, 2.24) is 15.1 Å². The van der Waals surface area contributed by atoms with E-state index in [2.05, 4.69) is 10.4 Å². The Morgan fingerprint density at radius 2 is 2.14 bits per heavy atom. The molecule has 1 atom stereocenters. The minimum absolute atomic E-state index is 0.113. The molecule has 0 aliphatic heterocycles. The number of aliphatic hydroxyl groups excluding tert-OH is 1. The quantitative estimate of drug-likeness (QED) is 0.659. The largest absolute Gasteiger partial charge is 0.399 e. The number of nitrogens with zero attached hydrogens (tertiary/aromatic N) is 2. The van der Waals surface area contributed by atoms with Crippen LogP contribution in [0.3, 0.4) is 0 Å². The second-order valence-electron chi connectivity index (χ2n) is 4.56. The third kappa shape index (κ3) is 4.04. The van der Waals surface area contributed by atoms with Crippen LogP contribution in [-0.4, -0.2) is 47.2 Å². The van der Waals surface area contributed by atoms with Gasteiger partial charge in [-0.1, -0.05) is 0 Å². The van der Waals surface area contributed by atoms with E-state index in [1.54, 1.807) is 29.1 Å². The number of nitrogens with one attached hydrogen (secondary N) is 1. The monoisotopic (exact) mass is 290 g/mol. The van der Waals surface area contributed by atoms with Gasteiger partial charge in [0.2, 0.25) is 0 Å². The number of aromatic nitrogens is 2. The van der Waals surface area contributed by atoms with Crippen molar-refractivity contribution in [2.24, 2.45) is 0 Å². The number of aliphatic hydroxyl groups is 1. The maximum Gasteiger partial charge on any atom is 0.271 e. The molecular weight excluding hydrogens is 272 g/mol. The summed E-state index contributed by atoms with van der Waals surface area (Å²) < 4.78 is 6.37. The average molecular weight is 290 g/mol. The summed E-state index contributed by atoms with van der Waals surface area (Å²) in [4.78, 5) is 11.9. The molecule has 4 N–H and O–H groups in total. The number of amides is 1. The van der Waals surface area contributed by atoms with Crippen molar-refractivity contribution in [2.45, 2.75) is 6.10 Å². The lowest BCUT2D eigenvalue weighted by Crippen LogP contribution is -2.34. The number of hydrogen-bond donors (Lipinski definition) is 3. The van der Waals surface area contributed by atoms with E-state index < -0.39 is 6.10 Å². The van der Waals surface area contributed by atoms with Gasteiger partial charge < -0.3 is 20.9 Å². The van der Waals surface area contributed by atoms with Crippen LogP contribution in [0.25, 0.3) is 5.69 Å². The van der Waals surface area contributed by atoms with Gasteiger partial charge in [0.1, 0.15) is 0 Å². The number of carbonyl (C=O) groups is 1. The van der Waals surface area contributed by atoms with E-state index in [-0.39, 0.29) is 24.8 Å². The molecule has 7 nitrogen and oxygen atoms in total. The molecule has 7 heteroatoms. The van der Waals surface area contributed by atoms with Crippen LogP contribution in [0.4, 0.5) is 5.69 Å². The van der Waals surface area contributed by atoms with E-state index in [0.717, 1.165) is 5.69 Å². The fraction of sp³-hybridized carbons (Fsp3) is 0.286. The Kier molecular flexibility index (Phi) is 4.91. The summed E-state index contributed by atoms with van der Waals surface area (Å²) in [5, 5.41) is 16.3. The number of rotatable bonds is 6. The van der Waals surface area contributed by atoms with Crippen molar-refractivity contribution >= 4 is 11.6 Å². The Bertz CT molecular complexity index is 595. The molecular formula is C14H18N4O3. The highest BCUT2D eigenvalue weighted by atomic mass is 16.5. The maximum absolute atomic E-state index is 11.9. The fourth-order valence-corrected chi connectivity index (χ4v) is 1.77. The first-order valence-corrected chi connectivity index (χ1v) is 6.47. The molecule has 1 amide bonds. The van der Waals surface area contributed by atoms with Crippen LogP contribution < -0.4 is 11.1 Å². The fourth-order valence-electron chi connectivity index (χ4n) is 1.77. The third-order valence-corrected chi connectivity index (χ3v) is 2.84. The molecule has 112 valence electrons. The normalized spacial score (nSPS) is 12.1. The molecule has 1 aromatic carbocycles. The van der Waals surface area contributed by atoms with E-state index >= 15 is 0 Å². The van der Waals surface area contributed by atoms with E-state index in [0.29, 0.717) is 5.69 Å². The number of methoxy groups -OCH3 is 1. The Labute approximate surface area is 122 Å². The van der Waals surface area contributed by atoms with Gasteiger partial charge in [-0.05, 0) is 30.3 Å². The van der Waals surface area contributed by atoms with Crippen molar-refractivity contribution in [3.05, 3.63) is 42.2 Å². The smallest absolute Gasteiger partial charge is 0.271 e. The number of nitrogens with two attached hydrogens (primary N) is 1. The summed E-state index contributed by atoms with van der Waals surface area (Å²) in [5.41, 5.74) is 7.37. The number of ether oxygens (including phenoxy) is 1. The Balaban J connectivity index is 1.99. The molecule has 1 unspecified atom stereocenters. The minimum atomic E-state index is -0.738. The SMILES string of the molecule is COCC(O)CNC(=O)c1ccn(-c2ccc(N)cc2)n1. The zero-order valence-electron chi connectivity index (χ0n) is 11.7. The summed E-state index contributed by atoms with van der Waals surface area (Å²) in [6.07, 6.45) is 0.949. The van der Waals surface area contributed by atoms with Crippen molar-refractivity contribution in [2.75, 3.05) is 26.0 Å². The van der Waals surface area contributed by atoms with Gasteiger partial charge in [-0.3, -0.25) is 4.79 Å². The van der Waals surface area contributed by atoms with Gasteiger partial charge in [-0.25, -0.2) is 4.68 Å². The highest BCUT2D eigenvalue weighted by molar-refractivity contribution is 5.92. The van der Waals surface area contributed by atoms with Crippen molar-refractivity contribution in [3.63, 3.8) is 0 Å². The minimum Gasteiger partial charge on any atom is -0.399 e. The molecule has 2 rings (SSSR count). The molecule has 2 aromatic rings. The average Bonchev–Trinajstić information content (AvgIpc) is 2.96. The van der Waals surface area contributed by atoms with Gasteiger partial charge in [0.15, 0.2) is 5.69 Å². The number of anilines is 1. The molecule has 0 aliphatic rings. The molecule has 0 saturated carbocycles. The molecule has 1 aromatic heterocycles. The van der Waals surface area contributed by atoms with Gasteiger partial charge in [0, 0.05) is 25.5 Å². The first-order valence-electron chi connectivity index (χ1n) is 6.47. The van der Waals surface area contributed by atoms with Gasteiger partial charge in [0.05, 0.1) is 18.4 Å². The van der Waals surface area contributed by atoms with Crippen molar-refractivity contribution in [3.8, 4) is 5.69 Å². The van der Waals surface area contributed by atoms with Gasteiger partial charge in [-0.2, -0.15) is 5.10 Å². The van der Waals surface area contributed by atoms with Crippen molar-refractivity contribution < 1.29 is 14.6 Å². The van der Waals surface area contributed by atoms with Crippen LogP contribution in [0.5, 0.6) is 0 Å². The maximum atomic E-state index is 11.9. The highest BCUT2D eigenvalue weighted by Crippen LogP contribution is 2.10. The van der Waals surface area contributed by atoms with Crippen LogP contribution in [0, 0.1) is 0 Å². The molecule has 0 spiro atoms. The lowest BCUT2D eigenvalue weighted by Gasteiger charge is -2.09. The Hall–Kier alpha value is -2.38. The second kappa shape index (κ2) is 6.87. The number of hydrogen-bond acceptors (Lipinski definition) is 5. The summed E-state index contributed by atoms with van der Waals surface area (Å²) >= 11 is 0. The van der Waals surface area contributed by atoms with Crippen LogP contribution in [0.1, 0.15) is 10.5 Å². The number of nitrogen functional groups attached to an aromatic ring is 1. The number of benzene rings is 1. The first kappa shape index (κ1) is 15.0. The van der Waals surface area contributed by atoms with Gasteiger partial charge in [-0.15, -0.1) is 0 Å². The second-order valence-corrected chi connectivity index (χ2v) is 4.56. The van der Waals surface area contributed by atoms with Gasteiger partial charge in [0.25, 0.3) is 5.91 Å². The molecule has 0 aliphatic carbocycles. The zero-order valence-corrected chi connectivity index (χ0v) is 11.7. The van der Waals surface area contributed by atoms with E-state index in [9.17, 15) is 9.90 Å². The van der Waals surface area contributed by atoms with Crippen LogP contribution >= 0.6 is 0 Å². The van der Waals surface area contributed by atoms with Gasteiger partial charge >= 0.3 is 0 Å². The lowest BCUT2D eigenvalue weighted by atomic mass is 10.3. The molecule has 21 heavy (non-hydrogen) atoms. The summed E-state index contributed by atoms with van der Waals surface area (Å²) in [7, 11) is 1.49. The van der Waals surface area contributed by atoms with E-state index in [1.165, 1.54) is 7.11 Å². The predicted octanol–water partition coefficient (Wildman–Crippen LogP) is 0.192. The summed E-state index contributed by atoms with van der Waals surface area (Å²) in [6.45, 7) is 0.279. The van der Waals surface area contributed by atoms with E-state index in [1.807, 2.05) is 12.1 Å². The molecule has 0 fully saturated rings. The topological polar surface area (TPSA) is 102 Å². The summed E-state index contributed by atoms with van der Waals surface area (Å²) in [6, 6.07) is 8.75. The summed E-state index contributed by atoms with van der Waals surface area (Å²) in [5.74, 6) is -0.348. The highest BCUT2D eigenvalue weighted by Gasteiger charge is 2.12. The molecule has 0 radical (unpaired) electrons. The van der Waals surface area contributed by atoms with Crippen LogP contribution in [0.15, 0.2) is 36.5 Å². The Morgan fingerprint density at radius 3 is 2.81 bits per heavy atom. The van der Waals surface area contributed by atoms with E-state index in [4.69, 9.17) is 10.5 Å². The standard InChI is InChI=1S/C14H18N4O3/c1-21-9-12(19)8-16-14(20)13-6-7-18(17-13)11-4-2-10(15)3-5-11/h2-7,12,19H,8-9,15H2,1H3,(H,16,20). The number of carbonyl (C=O) groups excluding carboxylic acids is 1. The van der Waals surface area contributed by atoms with Crippen molar-refractivity contribution in [1.29, 1.82) is 0 Å². The van der Waals surface area contributed by atoms with Crippen LogP contribution in [-0.2, 0) is 4.74 Å². The van der Waals surface area contributed by atoms with Crippen LogP contribution in [0.2, 0.25) is 0 Å². The lowest BCUT2D eigenvalue weighted by molar-refractivity contribution is 0.0608. The first-order chi connectivity index (χ1) is 10.1. The molecule has 0 bridgehead atoms. The zero-order chi connectivity index (χ0) is 15.2. The Morgan fingerprint density at radius 1 is 1.43 bits per heavy atom. The molecule has 0 saturated heterocycles. The third-order valence-electron chi connectivity index (χ3n) is 2.84.